The Morgan fingerprint density at radius 1 is 1.58 bits per heavy atom. The molecule has 0 bridgehead atoms. The van der Waals surface area contributed by atoms with Crippen molar-refractivity contribution in [2.24, 2.45) is 5.73 Å². The summed E-state index contributed by atoms with van der Waals surface area (Å²) in [6.45, 7) is 7.26. The van der Waals surface area contributed by atoms with Gasteiger partial charge in [0.2, 0.25) is 0 Å². The topological polar surface area (TPSA) is 49.8 Å². The van der Waals surface area contributed by atoms with E-state index in [0.717, 1.165) is 11.3 Å². The van der Waals surface area contributed by atoms with Crippen molar-refractivity contribution in [2.75, 3.05) is 0 Å². The molecule has 0 aromatic rings. The molecule has 2 heteroatoms. The zero-order chi connectivity index (χ0) is 9.56. The van der Waals surface area contributed by atoms with Crippen molar-refractivity contribution in [3.8, 4) is 6.07 Å². The van der Waals surface area contributed by atoms with E-state index in [0.29, 0.717) is 12.0 Å². The highest BCUT2D eigenvalue weighted by atomic mass is 14.5. The lowest BCUT2D eigenvalue weighted by Gasteiger charge is -1.97. The second kappa shape index (κ2) is 5.20. The summed E-state index contributed by atoms with van der Waals surface area (Å²) in [7, 11) is 0. The lowest BCUT2D eigenvalue weighted by Crippen LogP contribution is -1.94. The smallest absolute Gasteiger partial charge is 0.0950 e. The maximum atomic E-state index is 8.66. The minimum Gasteiger partial charge on any atom is -0.402 e. The van der Waals surface area contributed by atoms with Gasteiger partial charge in [0, 0.05) is 17.7 Å². The number of rotatable bonds is 3. The maximum Gasteiger partial charge on any atom is 0.0950 e. The molecule has 0 saturated heterocycles. The second-order valence-corrected chi connectivity index (χ2v) is 2.64. The average Bonchev–Trinajstić information content (AvgIpc) is 2.03. The molecule has 0 heterocycles. The van der Waals surface area contributed by atoms with Gasteiger partial charge in [0.15, 0.2) is 0 Å². The Hall–Kier alpha value is -1.49. The molecule has 0 amide bonds. The SMILES string of the molecule is C=CC/C(C#N)=C\C(C)=C(/C)N. The fourth-order valence-corrected chi connectivity index (χ4v) is 0.668. The second-order valence-electron chi connectivity index (χ2n) is 2.64. The number of hydrogen-bond donors (Lipinski definition) is 1. The molecule has 0 atom stereocenters. The first-order valence-electron chi connectivity index (χ1n) is 3.76. The van der Waals surface area contributed by atoms with Gasteiger partial charge in [0.05, 0.1) is 6.07 Å². The molecule has 2 N–H and O–H groups in total. The third-order valence-electron chi connectivity index (χ3n) is 1.52. The van der Waals surface area contributed by atoms with E-state index in [1.807, 2.05) is 13.8 Å². The zero-order valence-corrected chi connectivity index (χ0v) is 7.59. The van der Waals surface area contributed by atoms with Crippen molar-refractivity contribution < 1.29 is 0 Å². The first-order valence-corrected chi connectivity index (χ1v) is 3.76. The van der Waals surface area contributed by atoms with Gasteiger partial charge in [-0.2, -0.15) is 5.26 Å². The van der Waals surface area contributed by atoms with Crippen molar-refractivity contribution in [3.05, 3.63) is 35.6 Å². The molecule has 0 spiro atoms. The molecule has 0 unspecified atom stereocenters. The minimum atomic E-state index is 0.598. The summed E-state index contributed by atoms with van der Waals surface area (Å²) < 4.78 is 0. The average molecular weight is 162 g/mol. The van der Waals surface area contributed by atoms with Crippen LogP contribution in [-0.2, 0) is 0 Å². The van der Waals surface area contributed by atoms with E-state index in [1.165, 1.54) is 0 Å². The van der Waals surface area contributed by atoms with Gasteiger partial charge in [0.1, 0.15) is 0 Å². The third-order valence-corrected chi connectivity index (χ3v) is 1.52. The predicted molar refractivity (Wildman–Crippen MR) is 51.1 cm³/mol. The van der Waals surface area contributed by atoms with Crippen LogP contribution in [0.2, 0.25) is 0 Å². The Morgan fingerprint density at radius 2 is 2.17 bits per heavy atom. The van der Waals surface area contributed by atoms with E-state index in [9.17, 15) is 0 Å². The normalized spacial score (nSPS) is 13.2. The maximum absolute atomic E-state index is 8.66. The lowest BCUT2D eigenvalue weighted by atomic mass is 10.1. The fraction of sp³-hybridized carbons (Fsp3) is 0.300. The van der Waals surface area contributed by atoms with Gasteiger partial charge in [-0.05, 0) is 25.5 Å². The molecule has 0 aliphatic rings. The van der Waals surface area contributed by atoms with E-state index in [4.69, 9.17) is 11.0 Å². The molecule has 12 heavy (non-hydrogen) atoms. The Labute approximate surface area is 73.7 Å². The van der Waals surface area contributed by atoms with Crippen LogP contribution in [-0.4, -0.2) is 0 Å². The molecule has 0 rings (SSSR count). The highest BCUT2D eigenvalue weighted by Gasteiger charge is 1.93. The van der Waals surface area contributed by atoms with Crippen LogP contribution in [0.3, 0.4) is 0 Å². The molecule has 0 aliphatic carbocycles. The Kier molecular flexibility index (Phi) is 4.55. The Bertz CT molecular complexity index is 260. The van der Waals surface area contributed by atoms with Gasteiger partial charge >= 0.3 is 0 Å². The van der Waals surface area contributed by atoms with Crippen molar-refractivity contribution >= 4 is 0 Å². The molecule has 2 nitrogen and oxygen atoms in total. The van der Waals surface area contributed by atoms with Crippen LogP contribution in [0, 0.1) is 11.3 Å². The zero-order valence-electron chi connectivity index (χ0n) is 7.59. The third kappa shape index (κ3) is 3.62. The molecule has 0 saturated carbocycles. The molecule has 0 aliphatic heterocycles. The molecule has 0 aromatic heterocycles. The van der Waals surface area contributed by atoms with Crippen LogP contribution in [0.4, 0.5) is 0 Å². The summed E-state index contributed by atoms with van der Waals surface area (Å²) in [6, 6.07) is 2.09. The van der Waals surface area contributed by atoms with Crippen molar-refractivity contribution in [2.45, 2.75) is 20.3 Å². The number of nitrogens with zero attached hydrogens (tertiary/aromatic N) is 1. The number of allylic oxidation sites excluding steroid dienone is 5. The monoisotopic (exact) mass is 162 g/mol. The van der Waals surface area contributed by atoms with E-state index in [2.05, 4.69) is 12.6 Å². The molecule has 0 fully saturated rings. The molecule has 64 valence electrons. The first-order chi connectivity index (χ1) is 5.61. The van der Waals surface area contributed by atoms with Gasteiger partial charge in [-0.3, -0.25) is 0 Å². The summed E-state index contributed by atoms with van der Waals surface area (Å²) in [4.78, 5) is 0. The number of hydrogen-bond acceptors (Lipinski definition) is 2. The van der Waals surface area contributed by atoms with Gasteiger partial charge in [-0.1, -0.05) is 6.08 Å². The van der Waals surface area contributed by atoms with Crippen molar-refractivity contribution in [3.63, 3.8) is 0 Å². The lowest BCUT2D eigenvalue weighted by molar-refractivity contribution is 1.21. The van der Waals surface area contributed by atoms with Crippen molar-refractivity contribution in [1.29, 1.82) is 5.26 Å². The first kappa shape index (κ1) is 10.5. The summed E-state index contributed by atoms with van der Waals surface area (Å²) in [5.41, 5.74) is 7.90. The summed E-state index contributed by atoms with van der Waals surface area (Å²) >= 11 is 0. The molecular weight excluding hydrogens is 148 g/mol. The largest absolute Gasteiger partial charge is 0.402 e. The van der Waals surface area contributed by atoms with E-state index >= 15 is 0 Å². The number of nitriles is 1. The van der Waals surface area contributed by atoms with Crippen LogP contribution in [0.25, 0.3) is 0 Å². The standard InChI is InChI=1S/C10H14N2/c1-4-5-10(7-11)6-8(2)9(3)12/h4,6H,1,5,12H2,2-3H3/b9-8+,10-6+. The number of nitrogens with two attached hydrogens (primary N) is 1. The van der Waals surface area contributed by atoms with Crippen LogP contribution < -0.4 is 5.73 Å². The predicted octanol–water partition coefficient (Wildman–Crippen LogP) is 2.27. The Morgan fingerprint density at radius 3 is 2.50 bits per heavy atom. The molecule has 0 aromatic carbocycles. The fourth-order valence-electron chi connectivity index (χ4n) is 0.668. The van der Waals surface area contributed by atoms with Crippen LogP contribution in [0.5, 0.6) is 0 Å². The van der Waals surface area contributed by atoms with Gasteiger partial charge < -0.3 is 5.73 Å². The van der Waals surface area contributed by atoms with Crippen molar-refractivity contribution in [1.82, 2.24) is 0 Å². The van der Waals surface area contributed by atoms with Crippen LogP contribution >= 0.6 is 0 Å². The summed E-state index contributed by atoms with van der Waals surface area (Å²) in [6.07, 6.45) is 4.09. The molecular formula is C10H14N2. The Balaban J connectivity index is 4.63. The van der Waals surface area contributed by atoms with E-state index in [-0.39, 0.29) is 0 Å². The summed E-state index contributed by atoms with van der Waals surface area (Å²) in [5.74, 6) is 0. The quantitative estimate of drug-likeness (QED) is 0.393. The van der Waals surface area contributed by atoms with Gasteiger partial charge in [-0.25, -0.2) is 0 Å². The summed E-state index contributed by atoms with van der Waals surface area (Å²) in [5, 5.41) is 8.66. The van der Waals surface area contributed by atoms with E-state index < -0.39 is 0 Å². The van der Waals surface area contributed by atoms with E-state index in [1.54, 1.807) is 12.2 Å². The van der Waals surface area contributed by atoms with Crippen LogP contribution in [0.1, 0.15) is 20.3 Å². The van der Waals surface area contributed by atoms with Gasteiger partial charge in [0.25, 0.3) is 0 Å². The highest BCUT2D eigenvalue weighted by Crippen LogP contribution is 2.07. The molecule has 0 radical (unpaired) electrons. The highest BCUT2D eigenvalue weighted by molar-refractivity contribution is 5.33. The minimum absolute atomic E-state index is 0.598. The van der Waals surface area contributed by atoms with Crippen LogP contribution in [0.15, 0.2) is 35.6 Å². The van der Waals surface area contributed by atoms with Gasteiger partial charge in [-0.15, -0.1) is 6.58 Å².